The number of sulfonamides is 1. The summed E-state index contributed by atoms with van der Waals surface area (Å²) >= 11 is 12.4. The Bertz CT molecular complexity index is 1370. The highest BCUT2D eigenvalue weighted by Crippen LogP contribution is 2.30. The van der Waals surface area contributed by atoms with Gasteiger partial charge in [0, 0.05) is 23.1 Å². The van der Waals surface area contributed by atoms with Crippen molar-refractivity contribution in [1.29, 1.82) is 0 Å². The fourth-order valence-corrected chi connectivity index (χ4v) is 5.77. The van der Waals surface area contributed by atoms with E-state index in [1.54, 1.807) is 56.5 Å². The molecule has 11 heteroatoms. The number of halogens is 2. The predicted molar refractivity (Wildman–Crippen MR) is 154 cm³/mol. The maximum atomic E-state index is 13.9. The third-order valence-electron chi connectivity index (χ3n) is 5.97. The van der Waals surface area contributed by atoms with E-state index >= 15 is 0 Å². The minimum atomic E-state index is -4.21. The smallest absolute Gasteiger partial charge is 0.264 e. The molecule has 0 aliphatic carbocycles. The SMILES string of the molecule is CCCNC(=O)C(C)N(Cc1ccc(OC)cc1)C(=O)CN(c1cc(Cl)cc(Cl)c1)S(=O)(=O)c1ccccc1. The van der Waals surface area contributed by atoms with Gasteiger partial charge in [-0.15, -0.1) is 0 Å². The summed E-state index contributed by atoms with van der Waals surface area (Å²) in [6, 6.07) is 18.3. The van der Waals surface area contributed by atoms with Crippen molar-refractivity contribution in [3.8, 4) is 5.75 Å². The Hall–Kier alpha value is -3.27. The number of hydrogen-bond acceptors (Lipinski definition) is 5. The summed E-state index contributed by atoms with van der Waals surface area (Å²) in [6.45, 7) is 3.46. The molecule has 1 atom stereocenters. The highest BCUT2D eigenvalue weighted by Gasteiger charge is 2.32. The van der Waals surface area contributed by atoms with E-state index in [1.807, 2.05) is 6.92 Å². The molecule has 0 aliphatic rings. The van der Waals surface area contributed by atoms with Gasteiger partial charge < -0.3 is 15.0 Å². The van der Waals surface area contributed by atoms with Gasteiger partial charge in [-0.3, -0.25) is 13.9 Å². The molecule has 0 radical (unpaired) electrons. The van der Waals surface area contributed by atoms with Crippen LogP contribution in [-0.2, 0) is 26.2 Å². The molecular formula is C28H31Cl2N3O5S. The van der Waals surface area contributed by atoms with E-state index in [0.29, 0.717) is 12.3 Å². The molecule has 0 bridgehead atoms. The number of rotatable bonds is 12. The van der Waals surface area contributed by atoms with Crippen molar-refractivity contribution >= 4 is 50.7 Å². The first-order valence-corrected chi connectivity index (χ1v) is 14.5. The average Bonchev–Trinajstić information content (AvgIpc) is 2.92. The van der Waals surface area contributed by atoms with Gasteiger partial charge in [0.05, 0.1) is 17.7 Å². The first-order chi connectivity index (χ1) is 18.6. The van der Waals surface area contributed by atoms with Crippen LogP contribution in [0.25, 0.3) is 0 Å². The Balaban J connectivity index is 2.03. The summed E-state index contributed by atoms with van der Waals surface area (Å²) in [6.07, 6.45) is 0.726. The molecule has 0 spiro atoms. The summed E-state index contributed by atoms with van der Waals surface area (Å²) in [5.74, 6) is -0.286. The normalized spacial score (nSPS) is 11.9. The molecule has 3 aromatic rings. The maximum absolute atomic E-state index is 13.9. The van der Waals surface area contributed by atoms with Gasteiger partial charge in [-0.05, 0) is 61.4 Å². The number of anilines is 1. The number of methoxy groups -OCH3 is 1. The van der Waals surface area contributed by atoms with Crippen molar-refractivity contribution in [1.82, 2.24) is 10.2 Å². The molecule has 1 unspecified atom stereocenters. The number of carbonyl (C=O) groups is 2. The summed E-state index contributed by atoms with van der Waals surface area (Å²) < 4.78 is 33.7. The van der Waals surface area contributed by atoms with Gasteiger partial charge >= 0.3 is 0 Å². The highest BCUT2D eigenvalue weighted by atomic mass is 35.5. The monoisotopic (exact) mass is 591 g/mol. The summed E-state index contributed by atoms with van der Waals surface area (Å²) in [4.78, 5) is 28.1. The molecule has 1 N–H and O–H groups in total. The zero-order chi connectivity index (χ0) is 28.6. The van der Waals surface area contributed by atoms with Gasteiger partial charge in [0.1, 0.15) is 18.3 Å². The van der Waals surface area contributed by atoms with E-state index in [0.717, 1.165) is 16.3 Å². The third kappa shape index (κ3) is 7.88. The van der Waals surface area contributed by atoms with Gasteiger partial charge in [0.15, 0.2) is 0 Å². The second-order valence-electron chi connectivity index (χ2n) is 8.79. The lowest BCUT2D eigenvalue weighted by atomic mass is 10.1. The maximum Gasteiger partial charge on any atom is 0.264 e. The highest BCUT2D eigenvalue weighted by molar-refractivity contribution is 7.92. The Morgan fingerprint density at radius 2 is 1.59 bits per heavy atom. The fraction of sp³-hybridized carbons (Fsp3) is 0.286. The first kappa shape index (κ1) is 30.3. The van der Waals surface area contributed by atoms with E-state index in [2.05, 4.69) is 5.32 Å². The molecule has 3 aromatic carbocycles. The van der Waals surface area contributed by atoms with Crippen LogP contribution in [0.3, 0.4) is 0 Å². The quantitative estimate of drug-likeness (QED) is 0.314. The van der Waals surface area contributed by atoms with Crippen molar-refractivity contribution in [2.75, 3.05) is 24.5 Å². The minimum Gasteiger partial charge on any atom is -0.497 e. The van der Waals surface area contributed by atoms with Gasteiger partial charge in [0.2, 0.25) is 11.8 Å². The van der Waals surface area contributed by atoms with Crippen molar-refractivity contribution < 1.29 is 22.7 Å². The van der Waals surface area contributed by atoms with Gasteiger partial charge in [-0.2, -0.15) is 0 Å². The Labute approximate surface area is 239 Å². The third-order valence-corrected chi connectivity index (χ3v) is 8.20. The van der Waals surface area contributed by atoms with Gasteiger partial charge in [0.25, 0.3) is 10.0 Å². The van der Waals surface area contributed by atoms with E-state index in [1.165, 1.54) is 35.2 Å². The van der Waals surface area contributed by atoms with Crippen LogP contribution in [-0.4, -0.2) is 51.4 Å². The Kier molecular flexibility index (Phi) is 10.6. The number of benzene rings is 3. The number of hydrogen-bond donors (Lipinski definition) is 1. The number of ether oxygens (including phenoxy) is 1. The second-order valence-corrected chi connectivity index (χ2v) is 11.5. The van der Waals surface area contributed by atoms with Crippen LogP contribution in [0.4, 0.5) is 5.69 Å². The second kappa shape index (κ2) is 13.7. The Morgan fingerprint density at radius 3 is 2.15 bits per heavy atom. The molecule has 0 heterocycles. The lowest BCUT2D eigenvalue weighted by Crippen LogP contribution is -2.51. The number of nitrogens with one attached hydrogen (secondary N) is 1. The summed E-state index contributed by atoms with van der Waals surface area (Å²) in [7, 11) is -2.66. The topological polar surface area (TPSA) is 96.0 Å². The Morgan fingerprint density at radius 1 is 0.974 bits per heavy atom. The lowest BCUT2D eigenvalue weighted by molar-refractivity contribution is -0.139. The van der Waals surface area contributed by atoms with Crippen LogP contribution >= 0.6 is 23.2 Å². The summed E-state index contributed by atoms with van der Waals surface area (Å²) in [5.41, 5.74) is 0.861. The molecule has 2 amide bonds. The average molecular weight is 593 g/mol. The zero-order valence-electron chi connectivity index (χ0n) is 21.9. The van der Waals surface area contributed by atoms with Crippen molar-refractivity contribution in [2.24, 2.45) is 0 Å². The molecule has 0 aliphatic heterocycles. The standard InChI is InChI=1S/C28H31Cl2N3O5S/c1-4-14-31-28(35)20(2)32(18-21-10-12-25(38-3)13-11-21)27(34)19-33(24-16-22(29)15-23(30)17-24)39(36,37)26-8-6-5-7-9-26/h5-13,15-17,20H,4,14,18-19H2,1-3H3,(H,31,35). The van der Waals surface area contributed by atoms with E-state index < -0.39 is 28.5 Å². The molecule has 39 heavy (non-hydrogen) atoms. The molecule has 0 fully saturated rings. The van der Waals surface area contributed by atoms with Crippen LogP contribution in [0, 0.1) is 0 Å². The molecule has 208 valence electrons. The molecule has 0 saturated heterocycles. The predicted octanol–water partition coefficient (Wildman–Crippen LogP) is 5.14. The molecule has 8 nitrogen and oxygen atoms in total. The van der Waals surface area contributed by atoms with Gasteiger partial charge in [-0.25, -0.2) is 8.42 Å². The van der Waals surface area contributed by atoms with Crippen LogP contribution in [0.15, 0.2) is 77.7 Å². The number of nitrogens with zero attached hydrogens (tertiary/aromatic N) is 2. The van der Waals surface area contributed by atoms with Crippen LogP contribution in [0.1, 0.15) is 25.8 Å². The van der Waals surface area contributed by atoms with Crippen LogP contribution < -0.4 is 14.4 Å². The van der Waals surface area contributed by atoms with E-state index in [-0.39, 0.29) is 33.1 Å². The molecule has 0 aromatic heterocycles. The first-order valence-electron chi connectivity index (χ1n) is 12.3. The van der Waals surface area contributed by atoms with Crippen molar-refractivity contribution in [2.45, 2.75) is 37.8 Å². The van der Waals surface area contributed by atoms with Gasteiger partial charge in [-0.1, -0.05) is 60.5 Å². The number of carbonyl (C=O) groups excluding carboxylic acids is 2. The fourth-order valence-electron chi connectivity index (χ4n) is 3.84. The van der Waals surface area contributed by atoms with Crippen molar-refractivity contribution in [3.05, 3.63) is 88.4 Å². The van der Waals surface area contributed by atoms with Crippen LogP contribution in [0.5, 0.6) is 5.75 Å². The number of amides is 2. The van der Waals surface area contributed by atoms with Crippen molar-refractivity contribution in [3.63, 3.8) is 0 Å². The minimum absolute atomic E-state index is 0.00987. The summed E-state index contributed by atoms with van der Waals surface area (Å²) in [5, 5.41) is 3.23. The molecular weight excluding hydrogens is 561 g/mol. The largest absolute Gasteiger partial charge is 0.497 e. The molecule has 0 saturated carbocycles. The zero-order valence-corrected chi connectivity index (χ0v) is 24.3. The van der Waals surface area contributed by atoms with E-state index in [9.17, 15) is 18.0 Å². The molecule has 3 rings (SSSR count). The van der Waals surface area contributed by atoms with E-state index in [4.69, 9.17) is 27.9 Å². The van der Waals surface area contributed by atoms with Crippen LogP contribution in [0.2, 0.25) is 10.0 Å². The lowest BCUT2D eigenvalue weighted by Gasteiger charge is -2.32.